The Labute approximate surface area is 107 Å². The lowest BCUT2D eigenvalue weighted by Crippen LogP contribution is -2.54. The molecule has 4 N–H and O–H groups in total. The minimum atomic E-state index is -1.19. The summed E-state index contributed by atoms with van der Waals surface area (Å²) in [5.74, 6) is -2.42. The lowest BCUT2D eigenvalue weighted by molar-refractivity contribution is -0.154. The average Bonchev–Trinajstić information content (AvgIpc) is 2.15. The second-order valence-corrected chi connectivity index (χ2v) is 5.59. The second-order valence-electron chi connectivity index (χ2n) is 5.59. The van der Waals surface area contributed by atoms with Crippen LogP contribution in [0.4, 0.5) is 0 Å². The van der Waals surface area contributed by atoms with Crippen LogP contribution in [0.3, 0.4) is 0 Å². The van der Waals surface area contributed by atoms with E-state index in [2.05, 4.69) is 5.32 Å². The van der Waals surface area contributed by atoms with Crippen molar-refractivity contribution in [3.8, 4) is 0 Å². The molecular formula is C12H22N2O4. The summed E-state index contributed by atoms with van der Waals surface area (Å²) in [7, 11) is 0. The Balaban J connectivity index is 4.85. The van der Waals surface area contributed by atoms with E-state index in [0.717, 1.165) is 0 Å². The van der Waals surface area contributed by atoms with Crippen molar-refractivity contribution in [2.75, 3.05) is 0 Å². The van der Waals surface area contributed by atoms with Crippen molar-refractivity contribution in [3.05, 3.63) is 0 Å². The van der Waals surface area contributed by atoms with Gasteiger partial charge in [0.2, 0.25) is 11.8 Å². The van der Waals surface area contributed by atoms with Crippen LogP contribution in [0, 0.1) is 11.3 Å². The van der Waals surface area contributed by atoms with Gasteiger partial charge in [-0.1, -0.05) is 13.8 Å². The highest BCUT2D eigenvalue weighted by atomic mass is 16.4. The number of carboxylic acids is 1. The minimum Gasteiger partial charge on any atom is -0.481 e. The van der Waals surface area contributed by atoms with Crippen molar-refractivity contribution in [3.63, 3.8) is 0 Å². The number of nitrogens with one attached hydrogen (secondary N) is 1. The highest BCUT2D eigenvalue weighted by molar-refractivity contribution is 5.91. The van der Waals surface area contributed by atoms with Crippen molar-refractivity contribution in [1.29, 1.82) is 0 Å². The molecule has 6 heteroatoms. The minimum absolute atomic E-state index is 0.198. The number of aliphatic carboxylic acids is 1. The van der Waals surface area contributed by atoms with E-state index < -0.39 is 28.7 Å². The first-order chi connectivity index (χ1) is 7.93. The molecule has 2 amide bonds. The summed E-state index contributed by atoms with van der Waals surface area (Å²) in [6.07, 6.45) is -0.198. The molecule has 0 fully saturated rings. The number of amides is 2. The summed E-state index contributed by atoms with van der Waals surface area (Å²) in [6.45, 7) is 7.93. The molecule has 0 spiro atoms. The fourth-order valence-electron chi connectivity index (χ4n) is 1.31. The number of carbonyl (C=O) groups is 3. The molecule has 0 aliphatic carbocycles. The van der Waals surface area contributed by atoms with E-state index in [4.69, 9.17) is 5.73 Å². The number of hydrogen-bond donors (Lipinski definition) is 3. The van der Waals surface area contributed by atoms with Crippen LogP contribution >= 0.6 is 0 Å². The molecule has 0 rings (SSSR count). The number of carboxylic acid groups (broad SMARTS) is 1. The van der Waals surface area contributed by atoms with E-state index >= 15 is 0 Å². The fourth-order valence-corrected chi connectivity index (χ4v) is 1.31. The third-order valence-electron chi connectivity index (χ3n) is 3.36. The molecule has 18 heavy (non-hydrogen) atoms. The van der Waals surface area contributed by atoms with Crippen molar-refractivity contribution in [2.45, 2.75) is 46.6 Å². The molecular weight excluding hydrogens is 236 g/mol. The topological polar surface area (TPSA) is 109 Å². The van der Waals surface area contributed by atoms with E-state index in [1.807, 2.05) is 0 Å². The average molecular weight is 258 g/mol. The van der Waals surface area contributed by atoms with Crippen molar-refractivity contribution in [2.24, 2.45) is 17.1 Å². The Morgan fingerprint density at radius 1 is 1.22 bits per heavy atom. The SMILES string of the molecule is CC(C)C(C)(CC(=O)NC(C)(C)C(N)=O)C(=O)O. The number of rotatable bonds is 6. The van der Waals surface area contributed by atoms with Gasteiger partial charge in [-0.2, -0.15) is 0 Å². The molecule has 0 radical (unpaired) electrons. The second kappa shape index (κ2) is 5.37. The smallest absolute Gasteiger partial charge is 0.310 e. The van der Waals surface area contributed by atoms with Gasteiger partial charge >= 0.3 is 5.97 Å². The van der Waals surface area contributed by atoms with Gasteiger partial charge in [0.15, 0.2) is 0 Å². The molecule has 0 aromatic heterocycles. The Morgan fingerprint density at radius 3 is 1.94 bits per heavy atom. The number of primary amides is 1. The number of hydrogen-bond acceptors (Lipinski definition) is 3. The van der Waals surface area contributed by atoms with E-state index in [-0.39, 0.29) is 12.3 Å². The molecule has 1 atom stereocenters. The van der Waals surface area contributed by atoms with Crippen molar-refractivity contribution < 1.29 is 19.5 Å². The normalized spacial score (nSPS) is 15.0. The van der Waals surface area contributed by atoms with Crippen LogP contribution in [0.25, 0.3) is 0 Å². The Kier molecular flexibility index (Phi) is 4.90. The highest BCUT2D eigenvalue weighted by Crippen LogP contribution is 2.31. The molecule has 0 aromatic rings. The molecule has 0 heterocycles. The first kappa shape index (κ1) is 16.4. The quantitative estimate of drug-likeness (QED) is 0.644. The molecule has 104 valence electrons. The summed E-state index contributed by atoms with van der Waals surface area (Å²) in [6, 6.07) is 0. The summed E-state index contributed by atoms with van der Waals surface area (Å²) in [5, 5.41) is 11.6. The third kappa shape index (κ3) is 3.72. The molecule has 0 saturated carbocycles. The Hall–Kier alpha value is -1.59. The predicted molar refractivity (Wildman–Crippen MR) is 66.6 cm³/mol. The van der Waals surface area contributed by atoms with Gasteiger partial charge in [-0.15, -0.1) is 0 Å². The van der Waals surface area contributed by atoms with Crippen molar-refractivity contribution in [1.82, 2.24) is 5.32 Å². The molecule has 0 aliphatic rings. The summed E-state index contributed by atoms with van der Waals surface area (Å²) < 4.78 is 0. The molecule has 0 bridgehead atoms. The van der Waals surface area contributed by atoms with E-state index in [1.165, 1.54) is 20.8 Å². The summed E-state index contributed by atoms with van der Waals surface area (Å²) in [5.41, 5.74) is 2.78. The molecule has 0 aliphatic heterocycles. The maximum atomic E-state index is 11.8. The maximum absolute atomic E-state index is 11.8. The summed E-state index contributed by atoms with van der Waals surface area (Å²) in [4.78, 5) is 34.1. The number of nitrogens with two attached hydrogens (primary N) is 1. The summed E-state index contributed by atoms with van der Waals surface area (Å²) >= 11 is 0. The van der Waals surface area contributed by atoms with Crippen LogP contribution in [0.15, 0.2) is 0 Å². The zero-order chi connectivity index (χ0) is 14.7. The molecule has 0 saturated heterocycles. The van der Waals surface area contributed by atoms with Crippen LogP contribution in [0.1, 0.15) is 41.0 Å². The van der Waals surface area contributed by atoms with Gasteiger partial charge < -0.3 is 16.2 Å². The van der Waals surface area contributed by atoms with Crippen LogP contribution in [-0.2, 0) is 14.4 Å². The third-order valence-corrected chi connectivity index (χ3v) is 3.36. The van der Waals surface area contributed by atoms with Crippen LogP contribution < -0.4 is 11.1 Å². The van der Waals surface area contributed by atoms with Crippen LogP contribution in [0.5, 0.6) is 0 Å². The van der Waals surface area contributed by atoms with Gasteiger partial charge in [-0.25, -0.2) is 0 Å². The highest BCUT2D eigenvalue weighted by Gasteiger charge is 2.40. The first-order valence-corrected chi connectivity index (χ1v) is 5.78. The molecule has 6 nitrogen and oxygen atoms in total. The van der Waals surface area contributed by atoms with Gasteiger partial charge in [0.05, 0.1) is 5.41 Å². The largest absolute Gasteiger partial charge is 0.481 e. The lowest BCUT2D eigenvalue weighted by atomic mass is 9.76. The van der Waals surface area contributed by atoms with Crippen LogP contribution in [0.2, 0.25) is 0 Å². The van der Waals surface area contributed by atoms with Gasteiger partial charge in [-0.05, 0) is 26.7 Å². The van der Waals surface area contributed by atoms with E-state index in [9.17, 15) is 19.5 Å². The monoisotopic (exact) mass is 258 g/mol. The Bertz CT molecular complexity index is 363. The fraction of sp³-hybridized carbons (Fsp3) is 0.750. The maximum Gasteiger partial charge on any atom is 0.310 e. The predicted octanol–water partition coefficient (Wildman–Crippen LogP) is 0.504. The Morgan fingerprint density at radius 2 is 1.67 bits per heavy atom. The van der Waals surface area contributed by atoms with E-state index in [1.54, 1.807) is 13.8 Å². The van der Waals surface area contributed by atoms with Crippen LogP contribution in [-0.4, -0.2) is 28.4 Å². The van der Waals surface area contributed by atoms with Gasteiger partial charge in [-0.3, -0.25) is 14.4 Å². The first-order valence-electron chi connectivity index (χ1n) is 5.78. The standard InChI is InChI=1S/C12H22N2O4/c1-7(2)12(5,10(17)18)6-8(15)14-11(3,4)9(13)16/h7H,6H2,1-5H3,(H2,13,16)(H,14,15)(H,17,18). The van der Waals surface area contributed by atoms with E-state index in [0.29, 0.717) is 0 Å². The zero-order valence-corrected chi connectivity index (χ0v) is 11.5. The van der Waals surface area contributed by atoms with Gasteiger partial charge in [0.1, 0.15) is 5.54 Å². The number of carbonyl (C=O) groups excluding carboxylic acids is 2. The lowest BCUT2D eigenvalue weighted by Gasteiger charge is -2.30. The van der Waals surface area contributed by atoms with Gasteiger partial charge in [0, 0.05) is 6.42 Å². The van der Waals surface area contributed by atoms with Gasteiger partial charge in [0.25, 0.3) is 0 Å². The molecule has 1 unspecified atom stereocenters. The zero-order valence-electron chi connectivity index (χ0n) is 11.5. The van der Waals surface area contributed by atoms with Crippen molar-refractivity contribution >= 4 is 17.8 Å². The molecule has 0 aromatic carbocycles.